The van der Waals surface area contributed by atoms with Gasteiger partial charge in [0.25, 0.3) is 0 Å². The average Bonchev–Trinajstić information content (AvgIpc) is 3.16. The van der Waals surface area contributed by atoms with Crippen LogP contribution in [0.25, 0.3) is 10.9 Å². The molecular weight excluding hydrogens is 481 g/mol. The number of rotatable bonds is 2. The molecule has 0 saturated heterocycles. The van der Waals surface area contributed by atoms with E-state index in [9.17, 15) is 13.2 Å². The molecule has 2 heterocycles. The highest BCUT2D eigenvalue weighted by atomic mass is 35.5. The van der Waals surface area contributed by atoms with Crippen LogP contribution in [-0.2, 0) is 12.6 Å². The lowest BCUT2D eigenvalue weighted by molar-refractivity contribution is -0.137. The number of nitrogens with one attached hydrogen (secondary N) is 2. The Bertz CT molecular complexity index is 1380. The molecule has 0 radical (unpaired) electrons. The molecule has 1 aliphatic heterocycles. The second-order valence-electron chi connectivity index (χ2n) is 8.23. The van der Waals surface area contributed by atoms with Crippen molar-refractivity contribution in [3.63, 3.8) is 0 Å². The van der Waals surface area contributed by atoms with Crippen LogP contribution in [0.3, 0.4) is 0 Å². The van der Waals surface area contributed by atoms with Gasteiger partial charge < -0.3 is 20.9 Å². The monoisotopic (exact) mass is 500 g/mol. The lowest BCUT2D eigenvalue weighted by Gasteiger charge is -2.38. The minimum atomic E-state index is -4.43. The van der Waals surface area contributed by atoms with Gasteiger partial charge in [-0.1, -0.05) is 29.8 Å². The molecule has 0 saturated carbocycles. The van der Waals surface area contributed by atoms with Crippen molar-refractivity contribution in [1.82, 2.24) is 9.88 Å². The standard InChI is InChI=1S/C25H20ClF3N4S/c26-16-6-9-21-20(13-16)19-10-11-33(23(22(19)32-21)14-4-7-17(30)8-5-14)24(34)31-18-3-1-2-15(12-18)25(27,28)29/h1-9,12-13,23,32H,10-11,30H2,(H,31,34). The van der Waals surface area contributed by atoms with Crippen molar-refractivity contribution in [2.24, 2.45) is 0 Å². The summed E-state index contributed by atoms with van der Waals surface area (Å²) in [6.45, 7) is 0.576. The number of H-pyrrole nitrogens is 1. The molecule has 0 aliphatic carbocycles. The maximum atomic E-state index is 13.2. The van der Waals surface area contributed by atoms with Crippen LogP contribution in [0.4, 0.5) is 24.5 Å². The van der Waals surface area contributed by atoms with Crippen LogP contribution in [-0.4, -0.2) is 21.5 Å². The number of nitrogen functional groups attached to an aromatic ring is 1. The van der Waals surface area contributed by atoms with Crippen molar-refractivity contribution in [3.8, 4) is 0 Å². The van der Waals surface area contributed by atoms with Crippen molar-refractivity contribution >= 4 is 51.2 Å². The quantitative estimate of drug-likeness (QED) is 0.210. The number of aromatic amines is 1. The van der Waals surface area contributed by atoms with Gasteiger partial charge in [-0.15, -0.1) is 0 Å². The molecule has 0 bridgehead atoms. The third kappa shape index (κ3) is 4.19. The van der Waals surface area contributed by atoms with Gasteiger partial charge in [0.15, 0.2) is 5.11 Å². The highest BCUT2D eigenvalue weighted by molar-refractivity contribution is 7.80. The number of hydrogen-bond acceptors (Lipinski definition) is 2. The van der Waals surface area contributed by atoms with Gasteiger partial charge in [0.1, 0.15) is 0 Å². The van der Waals surface area contributed by atoms with Crippen LogP contribution in [0.1, 0.15) is 28.4 Å². The first kappa shape index (κ1) is 22.6. The molecule has 0 amide bonds. The first-order valence-corrected chi connectivity index (χ1v) is 11.4. The largest absolute Gasteiger partial charge is 0.416 e. The zero-order valence-corrected chi connectivity index (χ0v) is 19.4. The normalized spacial score (nSPS) is 15.9. The maximum absolute atomic E-state index is 13.2. The number of alkyl halides is 3. The van der Waals surface area contributed by atoms with E-state index in [-0.39, 0.29) is 11.7 Å². The molecule has 3 aromatic carbocycles. The van der Waals surface area contributed by atoms with Crippen molar-refractivity contribution in [2.45, 2.75) is 18.6 Å². The Morgan fingerprint density at radius 3 is 2.59 bits per heavy atom. The summed E-state index contributed by atoms with van der Waals surface area (Å²) < 4.78 is 39.5. The second-order valence-corrected chi connectivity index (χ2v) is 9.05. The minimum absolute atomic E-state index is 0.277. The van der Waals surface area contributed by atoms with Gasteiger partial charge in [0, 0.05) is 39.5 Å². The van der Waals surface area contributed by atoms with Crippen molar-refractivity contribution in [2.75, 3.05) is 17.6 Å². The summed E-state index contributed by atoms with van der Waals surface area (Å²) in [7, 11) is 0. The predicted octanol–water partition coefficient (Wildman–Crippen LogP) is 6.77. The molecule has 4 nitrogen and oxygen atoms in total. The summed E-state index contributed by atoms with van der Waals surface area (Å²) in [5.74, 6) is 0. The van der Waals surface area contributed by atoms with E-state index in [0.29, 0.717) is 28.8 Å². The molecule has 9 heteroatoms. The number of nitrogens with two attached hydrogens (primary N) is 1. The third-order valence-electron chi connectivity index (χ3n) is 6.04. The summed E-state index contributed by atoms with van der Waals surface area (Å²) in [4.78, 5) is 5.50. The van der Waals surface area contributed by atoms with Crippen LogP contribution in [0, 0.1) is 0 Å². The molecule has 174 valence electrons. The lowest BCUT2D eigenvalue weighted by Crippen LogP contribution is -2.42. The maximum Gasteiger partial charge on any atom is 0.416 e. The summed E-state index contributed by atoms with van der Waals surface area (Å²) in [6, 6.07) is 18.0. The zero-order valence-electron chi connectivity index (χ0n) is 17.8. The minimum Gasteiger partial charge on any atom is -0.399 e. The van der Waals surface area contributed by atoms with E-state index in [2.05, 4.69) is 10.3 Å². The van der Waals surface area contributed by atoms with Crippen molar-refractivity contribution in [3.05, 3.63) is 94.1 Å². The van der Waals surface area contributed by atoms with Gasteiger partial charge in [0.05, 0.1) is 11.6 Å². The smallest absolute Gasteiger partial charge is 0.399 e. The highest BCUT2D eigenvalue weighted by Crippen LogP contribution is 2.40. The fourth-order valence-electron chi connectivity index (χ4n) is 4.47. The first-order chi connectivity index (χ1) is 16.2. The Labute approximate surface area is 204 Å². The Balaban J connectivity index is 1.54. The number of fused-ring (bicyclic) bond motifs is 3. The van der Waals surface area contributed by atoms with Crippen molar-refractivity contribution < 1.29 is 13.2 Å². The van der Waals surface area contributed by atoms with Crippen molar-refractivity contribution in [1.29, 1.82) is 0 Å². The van der Waals surface area contributed by atoms with Crippen LogP contribution < -0.4 is 11.1 Å². The Morgan fingerprint density at radius 2 is 1.85 bits per heavy atom. The molecule has 34 heavy (non-hydrogen) atoms. The average molecular weight is 501 g/mol. The number of nitrogens with zero attached hydrogens (tertiary/aromatic N) is 1. The van der Waals surface area contributed by atoms with Gasteiger partial charge in [-0.3, -0.25) is 0 Å². The van der Waals surface area contributed by atoms with Gasteiger partial charge in [-0.05, 0) is 78.3 Å². The summed E-state index contributed by atoms with van der Waals surface area (Å²) in [6.07, 6.45) is -3.73. The van der Waals surface area contributed by atoms with E-state index in [0.717, 1.165) is 39.9 Å². The molecule has 4 aromatic rings. The molecule has 0 spiro atoms. The topological polar surface area (TPSA) is 57.1 Å². The van der Waals surface area contributed by atoms with E-state index >= 15 is 0 Å². The van der Waals surface area contributed by atoms with Gasteiger partial charge in [-0.25, -0.2) is 0 Å². The number of halogens is 4. The van der Waals surface area contributed by atoms with E-state index in [1.54, 1.807) is 6.07 Å². The molecule has 0 fully saturated rings. The molecule has 1 atom stereocenters. The zero-order chi connectivity index (χ0) is 24.0. The Kier molecular flexibility index (Phi) is 5.65. The molecule has 5 rings (SSSR count). The second kappa shape index (κ2) is 8.52. The van der Waals surface area contributed by atoms with Crippen LogP contribution in [0.2, 0.25) is 5.02 Å². The summed E-state index contributed by atoms with van der Waals surface area (Å²) in [5, 5.41) is 5.05. The SMILES string of the molecule is Nc1ccc(C2c3[nH]c4ccc(Cl)cc4c3CCN2C(=S)Nc2cccc(C(F)(F)F)c2)cc1. The molecule has 4 N–H and O–H groups in total. The molecule has 1 aromatic heterocycles. The number of aromatic nitrogens is 1. The number of anilines is 2. The van der Waals surface area contributed by atoms with Gasteiger partial charge in [0.2, 0.25) is 0 Å². The molecular formula is C25H20ClF3N4S. The predicted molar refractivity (Wildman–Crippen MR) is 134 cm³/mol. The van der Waals surface area contributed by atoms with E-state index in [1.165, 1.54) is 6.07 Å². The van der Waals surface area contributed by atoms with E-state index in [4.69, 9.17) is 29.6 Å². The number of benzene rings is 3. The number of thiocarbonyl (C=S) groups is 1. The fraction of sp³-hybridized carbons (Fsp3) is 0.160. The van der Waals surface area contributed by atoms with Gasteiger partial charge in [-0.2, -0.15) is 13.2 Å². The van der Waals surface area contributed by atoms with E-state index in [1.807, 2.05) is 47.4 Å². The lowest BCUT2D eigenvalue weighted by atomic mass is 9.92. The Morgan fingerprint density at radius 1 is 1.09 bits per heavy atom. The van der Waals surface area contributed by atoms with Crippen LogP contribution in [0.5, 0.6) is 0 Å². The molecule has 1 aliphatic rings. The number of hydrogen-bond donors (Lipinski definition) is 3. The molecule has 1 unspecified atom stereocenters. The first-order valence-electron chi connectivity index (χ1n) is 10.6. The third-order valence-corrected chi connectivity index (χ3v) is 6.61. The van der Waals surface area contributed by atoms with Gasteiger partial charge >= 0.3 is 6.18 Å². The summed E-state index contributed by atoms with van der Waals surface area (Å²) >= 11 is 12.0. The Hall–Kier alpha value is -3.23. The van der Waals surface area contributed by atoms with Crippen LogP contribution >= 0.6 is 23.8 Å². The fourth-order valence-corrected chi connectivity index (χ4v) is 4.96. The summed E-state index contributed by atoms with van der Waals surface area (Å²) in [5.41, 5.74) is 10.1. The van der Waals surface area contributed by atoms with Crippen LogP contribution in [0.15, 0.2) is 66.7 Å². The highest BCUT2D eigenvalue weighted by Gasteiger charge is 2.34. The van der Waals surface area contributed by atoms with E-state index < -0.39 is 11.7 Å².